The van der Waals surface area contributed by atoms with E-state index < -0.39 is 0 Å². The molecule has 2 aromatic heterocycles. The molecule has 0 bridgehead atoms. The smallest absolute Gasteiger partial charge is 0.137 e. The normalized spacial score (nSPS) is 11.4. The average molecular weight is 241 g/mol. The van der Waals surface area contributed by atoms with Gasteiger partial charge in [-0.2, -0.15) is 0 Å². The van der Waals surface area contributed by atoms with Crippen molar-refractivity contribution in [2.45, 2.75) is 13.3 Å². The van der Waals surface area contributed by atoms with Gasteiger partial charge in [0.2, 0.25) is 0 Å². The number of aromatic nitrogens is 2. The number of nitrogens with zero attached hydrogens (tertiary/aromatic N) is 2. The molecule has 0 atom stereocenters. The third-order valence-corrected chi connectivity index (χ3v) is 3.19. The summed E-state index contributed by atoms with van der Waals surface area (Å²) in [4.78, 5) is 4.54. The van der Waals surface area contributed by atoms with Crippen LogP contribution < -0.4 is 5.73 Å². The van der Waals surface area contributed by atoms with Crippen LogP contribution in [0, 0.1) is 6.92 Å². The summed E-state index contributed by atoms with van der Waals surface area (Å²) in [7, 11) is 0. The van der Waals surface area contributed by atoms with E-state index in [1.54, 1.807) is 12.1 Å². The van der Waals surface area contributed by atoms with E-state index in [0.717, 1.165) is 34.2 Å². The van der Waals surface area contributed by atoms with E-state index in [1.807, 2.05) is 16.7 Å². The molecule has 0 saturated heterocycles. The maximum absolute atomic E-state index is 9.64. The van der Waals surface area contributed by atoms with Crippen LogP contribution in [-0.2, 0) is 6.42 Å². The van der Waals surface area contributed by atoms with Crippen LogP contribution in [0.5, 0.6) is 5.75 Å². The Hall–Kier alpha value is -2.07. The Kier molecular flexibility index (Phi) is 2.45. The number of rotatable bonds is 2. The van der Waals surface area contributed by atoms with Crippen LogP contribution in [0.25, 0.3) is 16.6 Å². The Labute approximate surface area is 105 Å². The van der Waals surface area contributed by atoms with E-state index >= 15 is 0 Å². The Bertz CT molecular complexity index is 731. The predicted octanol–water partition coefficient (Wildman–Crippen LogP) is 2.00. The third kappa shape index (κ3) is 1.62. The topological polar surface area (TPSA) is 63.5 Å². The summed E-state index contributed by atoms with van der Waals surface area (Å²) in [6.45, 7) is 2.64. The van der Waals surface area contributed by atoms with Gasteiger partial charge in [-0.25, -0.2) is 4.98 Å². The van der Waals surface area contributed by atoms with Crippen molar-refractivity contribution in [3.8, 4) is 5.75 Å². The second kappa shape index (κ2) is 3.99. The van der Waals surface area contributed by atoms with Gasteiger partial charge < -0.3 is 10.8 Å². The van der Waals surface area contributed by atoms with Crippen LogP contribution in [0.2, 0.25) is 0 Å². The minimum atomic E-state index is 0.267. The second-order valence-electron chi connectivity index (χ2n) is 4.53. The number of hydrogen-bond donors (Lipinski definition) is 2. The summed E-state index contributed by atoms with van der Waals surface area (Å²) in [6, 6.07) is 7.46. The first-order valence-electron chi connectivity index (χ1n) is 5.99. The summed E-state index contributed by atoms with van der Waals surface area (Å²) < 4.78 is 2.01. The van der Waals surface area contributed by atoms with Gasteiger partial charge >= 0.3 is 0 Å². The van der Waals surface area contributed by atoms with Crippen molar-refractivity contribution < 1.29 is 5.11 Å². The molecule has 2 heterocycles. The van der Waals surface area contributed by atoms with E-state index in [0.29, 0.717) is 6.54 Å². The monoisotopic (exact) mass is 241 g/mol. The highest BCUT2D eigenvalue weighted by Gasteiger charge is 2.07. The molecular formula is C14H15N3O. The SMILES string of the molecule is Cc1cc2nc(CCN)cn2c2cc(O)ccc12. The number of nitrogens with two attached hydrogens (primary N) is 1. The minimum absolute atomic E-state index is 0.267. The van der Waals surface area contributed by atoms with E-state index in [9.17, 15) is 5.11 Å². The second-order valence-corrected chi connectivity index (χ2v) is 4.53. The fraction of sp³-hybridized carbons (Fsp3) is 0.214. The number of aryl methyl sites for hydroxylation is 1. The van der Waals surface area contributed by atoms with Crippen LogP contribution in [0.4, 0.5) is 0 Å². The van der Waals surface area contributed by atoms with Crippen LogP contribution in [0.15, 0.2) is 30.5 Å². The highest BCUT2D eigenvalue weighted by Crippen LogP contribution is 2.25. The van der Waals surface area contributed by atoms with Crippen molar-refractivity contribution in [2.75, 3.05) is 6.54 Å². The molecule has 0 saturated carbocycles. The van der Waals surface area contributed by atoms with Gasteiger partial charge in [-0.05, 0) is 37.2 Å². The number of pyridine rings is 1. The van der Waals surface area contributed by atoms with Gasteiger partial charge in [0.1, 0.15) is 11.4 Å². The molecule has 0 aliphatic heterocycles. The molecule has 0 amide bonds. The van der Waals surface area contributed by atoms with Crippen molar-refractivity contribution in [1.29, 1.82) is 0 Å². The summed E-state index contributed by atoms with van der Waals surface area (Å²) in [5.74, 6) is 0.267. The number of imidazole rings is 1. The van der Waals surface area contributed by atoms with Gasteiger partial charge in [-0.1, -0.05) is 0 Å². The molecule has 0 aliphatic rings. The number of fused-ring (bicyclic) bond motifs is 3. The Morgan fingerprint density at radius 1 is 1.33 bits per heavy atom. The van der Waals surface area contributed by atoms with Crippen molar-refractivity contribution in [2.24, 2.45) is 5.73 Å². The minimum Gasteiger partial charge on any atom is -0.508 e. The molecule has 0 aliphatic carbocycles. The Morgan fingerprint density at radius 3 is 2.94 bits per heavy atom. The van der Waals surface area contributed by atoms with E-state index in [-0.39, 0.29) is 5.75 Å². The summed E-state index contributed by atoms with van der Waals surface area (Å²) in [5.41, 5.74) is 9.56. The van der Waals surface area contributed by atoms with Crippen LogP contribution in [0.3, 0.4) is 0 Å². The number of hydrogen-bond acceptors (Lipinski definition) is 3. The molecule has 3 rings (SSSR count). The molecule has 0 spiro atoms. The molecule has 4 nitrogen and oxygen atoms in total. The zero-order valence-electron chi connectivity index (χ0n) is 10.2. The fourth-order valence-corrected chi connectivity index (χ4v) is 2.33. The van der Waals surface area contributed by atoms with Crippen LogP contribution in [-0.4, -0.2) is 21.0 Å². The molecule has 3 N–H and O–H groups in total. The van der Waals surface area contributed by atoms with Crippen LogP contribution >= 0.6 is 0 Å². The highest BCUT2D eigenvalue weighted by atomic mass is 16.3. The van der Waals surface area contributed by atoms with Gasteiger partial charge in [-0.15, -0.1) is 0 Å². The largest absolute Gasteiger partial charge is 0.508 e. The number of aromatic hydroxyl groups is 1. The van der Waals surface area contributed by atoms with E-state index in [1.165, 1.54) is 0 Å². The number of phenols is 1. The Morgan fingerprint density at radius 2 is 2.17 bits per heavy atom. The lowest BCUT2D eigenvalue weighted by atomic mass is 10.1. The molecule has 3 aromatic rings. The van der Waals surface area contributed by atoms with Crippen molar-refractivity contribution in [3.05, 3.63) is 41.7 Å². The maximum atomic E-state index is 9.64. The lowest BCUT2D eigenvalue weighted by molar-refractivity contribution is 0.476. The number of benzene rings is 1. The first-order chi connectivity index (χ1) is 8.69. The van der Waals surface area contributed by atoms with E-state index in [2.05, 4.69) is 18.0 Å². The fourth-order valence-electron chi connectivity index (χ4n) is 2.33. The summed E-state index contributed by atoms with van der Waals surface area (Å²) >= 11 is 0. The average Bonchev–Trinajstić information content (AvgIpc) is 2.72. The van der Waals surface area contributed by atoms with Gasteiger partial charge in [0.15, 0.2) is 0 Å². The van der Waals surface area contributed by atoms with Gasteiger partial charge in [-0.3, -0.25) is 4.40 Å². The molecule has 0 unspecified atom stereocenters. The molecule has 0 fully saturated rings. The standard InChI is InChI=1S/C14H15N3O/c1-9-6-14-16-10(4-5-15)8-17(14)13-7-11(18)2-3-12(9)13/h2-3,6-8,18H,4-5,15H2,1H3. The third-order valence-electron chi connectivity index (χ3n) is 3.19. The van der Waals surface area contributed by atoms with Crippen molar-refractivity contribution >= 4 is 16.6 Å². The van der Waals surface area contributed by atoms with E-state index in [4.69, 9.17) is 5.73 Å². The van der Waals surface area contributed by atoms with Gasteiger partial charge in [0.25, 0.3) is 0 Å². The van der Waals surface area contributed by atoms with Crippen molar-refractivity contribution in [3.63, 3.8) is 0 Å². The predicted molar refractivity (Wildman–Crippen MR) is 71.9 cm³/mol. The molecule has 92 valence electrons. The van der Waals surface area contributed by atoms with Crippen LogP contribution in [0.1, 0.15) is 11.3 Å². The molecule has 1 aromatic carbocycles. The van der Waals surface area contributed by atoms with Gasteiger partial charge in [0.05, 0.1) is 11.2 Å². The molecule has 18 heavy (non-hydrogen) atoms. The summed E-state index contributed by atoms with van der Waals surface area (Å²) in [6.07, 6.45) is 2.75. The van der Waals surface area contributed by atoms with Crippen molar-refractivity contribution in [1.82, 2.24) is 9.38 Å². The first-order valence-corrected chi connectivity index (χ1v) is 5.99. The number of phenolic OH excluding ortho intramolecular Hbond substituents is 1. The zero-order valence-corrected chi connectivity index (χ0v) is 10.2. The quantitative estimate of drug-likeness (QED) is 0.721. The molecule has 4 heteroatoms. The zero-order chi connectivity index (χ0) is 12.7. The lowest BCUT2D eigenvalue weighted by Crippen LogP contribution is -2.02. The highest BCUT2D eigenvalue weighted by molar-refractivity contribution is 5.86. The Balaban J connectivity index is 2.39. The lowest BCUT2D eigenvalue weighted by Gasteiger charge is -2.05. The first kappa shape index (κ1) is 11.0. The summed E-state index contributed by atoms with van der Waals surface area (Å²) in [5, 5.41) is 10.8. The maximum Gasteiger partial charge on any atom is 0.137 e. The molecule has 0 radical (unpaired) electrons. The van der Waals surface area contributed by atoms with Gasteiger partial charge in [0, 0.05) is 24.1 Å². The molecular weight excluding hydrogens is 226 g/mol.